The predicted molar refractivity (Wildman–Crippen MR) is 78.9 cm³/mol. The van der Waals surface area contributed by atoms with Gasteiger partial charge in [0.05, 0.1) is 4.47 Å². The van der Waals surface area contributed by atoms with E-state index in [1.54, 1.807) is 24.3 Å². The van der Waals surface area contributed by atoms with Crippen LogP contribution in [0.25, 0.3) is 0 Å². The van der Waals surface area contributed by atoms with E-state index in [1.165, 1.54) is 6.07 Å². The van der Waals surface area contributed by atoms with Crippen molar-refractivity contribution >= 4 is 15.9 Å². The van der Waals surface area contributed by atoms with E-state index in [9.17, 15) is 4.39 Å². The van der Waals surface area contributed by atoms with Crippen LogP contribution in [0.2, 0.25) is 0 Å². The van der Waals surface area contributed by atoms with E-state index in [0.717, 1.165) is 11.1 Å². The van der Waals surface area contributed by atoms with Crippen LogP contribution in [0.5, 0.6) is 17.2 Å². The van der Waals surface area contributed by atoms with Crippen LogP contribution in [0.1, 0.15) is 11.1 Å². The van der Waals surface area contributed by atoms with Crippen molar-refractivity contribution in [2.24, 2.45) is 5.73 Å². The molecule has 0 spiro atoms. The van der Waals surface area contributed by atoms with Gasteiger partial charge in [0, 0.05) is 23.7 Å². The summed E-state index contributed by atoms with van der Waals surface area (Å²) in [7, 11) is 0. The van der Waals surface area contributed by atoms with Gasteiger partial charge in [0.15, 0.2) is 11.5 Å². The second-order valence-electron chi connectivity index (χ2n) is 4.52. The normalized spacial score (nSPS) is 12.5. The Balaban J connectivity index is 1.83. The third-order valence-electron chi connectivity index (χ3n) is 3.19. The van der Waals surface area contributed by atoms with Gasteiger partial charge in [-0.2, -0.15) is 0 Å². The van der Waals surface area contributed by atoms with Crippen molar-refractivity contribution in [2.45, 2.75) is 13.2 Å². The van der Waals surface area contributed by atoms with Crippen molar-refractivity contribution in [1.82, 2.24) is 0 Å². The Bertz CT molecular complexity index is 678. The molecule has 1 aliphatic rings. The van der Waals surface area contributed by atoms with Crippen molar-refractivity contribution in [2.75, 3.05) is 6.79 Å². The van der Waals surface area contributed by atoms with Gasteiger partial charge < -0.3 is 19.9 Å². The molecule has 0 bridgehead atoms. The number of ether oxygens (including phenoxy) is 3. The summed E-state index contributed by atoms with van der Waals surface area (Å²) in [5, 5.41) is 0. The molecule has 110 valence electrons. The second kappa shape index (κ2) is 5.91. The Hall–Kier alpha value is -1.79. The summed E-state index contributed by atoms with van der Waals surface area (Å²) in [6.45, 7) is 0.736. The van der Waals surface area contributed by atoms with E-state index < -0.39 is 0 Å². The zero-order valence-electron chi connectivity index (χ0n) is 11.1. The van der Waals surface area contributed by atoms with Gasteiger partial charge in [-0.05, 0) is 28.1 Å². The van der Waals surface area contributed by atoms with Gasteiger partial charge >= 0.3 is 0 Å². The molecule has 0 aromatic heterocycles. The summed E-state index contributed by atoms with van der Waals surface area (Å²) in [6.07, 6.45) is 0. The number of fused-ring (bicyclic) bond motifs is 1. The summed E-state index contributed by atoms with van der Waals surface area (Å²) in [5.41, 5.74) is 7.25. The fraction of sp³-hybridized carbons (Fsp3) is 0.200. The molecule has 3 rings (SSSR count). The average molecular weight is 354 g/mol. The first-order valence-corrected chi connectivity index (χ1v) is 7.16. The quantitative estimate of drug-likeness (QED) is 0.915. The van der Waals surface area contributed by atoms with E-state index in [1.807, 2.05) is 0 Å². The zero-order valence-corrected chi connectivity index (χ0v) is 12.7. The van der Waals surface area contributed by atoms with E-state index in [4.69, 9.17) is 19.9 Å². The predicted octanol–water partition coefficient (Wildman–Crippen LogP) is 3.35. The molecule has 0 amide bonds. The molecule has 0 atom stereocenters. The Morgan fingerprint density at radius 2 is 1.95 bits per heavy atom. The number of halogens is 2. The standard InChI is InChI=1S/C15H13BrFNO3/c16-15-9(2-1-3-11(15)17)7-19-12-5-14-13(20-8-21-14)4-10(12)6-18/h1-5H,6-8,18H2. The van der Waals surface area contributed by atoms with Crippen molar-refractivity contribution < 1.29 is 18.6 Å². The molecule has 0 aliphatic carbocycles. The Morgan fingerprint density at radius 1 is 1.19 bits per heavy atom. The van der Waals surface area contributed by atoms with Crippen LogP contribution in [0, 0.1) is 5.82 Å². The first kappa shape index (κ1) is 14.2. The zero-order chi connectivity index (χ0) is 14.8. The number of nitrogens with two attached hydrogens (primary N) is 1. The minimum atomic E-state index is -0.319. The lowest BCUT2D eigenvalue weighted by Gasteiger charge is -2.12. The molecule has 21 heavy (non-hydrogen) atoms. The maximum absolute atomic E-state index is 13.5. The first-order valence-electron chi connectivity index (χ1n) is 6.37. The highest BCUT2D eigenvalue weighted by molar-refractivity contribution is 9.10. The molecule has 0 radical (unpaired) electrons. The third-order valence-corrected chi connectivity index (χ3v) is 4.08. The summed E-state index contributed by atoms with van der Waals surface area (Å²) in [6, 6.07) is 8.38. The van der Waals surface area contributed by atoms with Crippen molar-refractivity contribution in [3.63, 3.8) is 0 Å². The molecular formula is C15H13BrFNO3. The second-order valence-corrected chi connectivity index (χ2v) is 5.31. The molecule has 2 aromatic rings. The van der Waals surface area contributed by atoms with Gasteiger partial charge in [-0.25, -0.2) is 4.39 Å². The topological polar surface area (TPSA) is 53.7 Å². The van der Waals surface area contributed by atoms with E-state index in [2.05, 4.69) is 15.9 Å². The smallest absolute Gasteiger partial charge is 0.231 e. The van der Waals surface area contributed by atoms with Crippen LogP contribution in [-0.4, -0.2) is 6.79 Å². The molecule has 2 aromatic carbocycles. The van der Waals surface area contributed by atoms with Crippen LogP contribution in [0.3, 0.4) is 0 Å². The molecule has 0 saturated heterocycles. The highest BCUT2D eigenvalue weighted by Gasteiger charge is 2.18. The molecule has 2 N–H and O–H groups in total. The largest absolute Gasteiger partial charge is 0.488 e. The number of hydrogen-bond donors (Lipinski definition) is 1. The van der Waals surface area contributed by atoms with E-state index in [0.29, 0.717) is 28.3 Å². The molecule has 0 saturated carbocycles. The molecule has 0 unspecified atom stereocenters. The first-order chi connectivity index (χ1) is 10.2. The Kier molecular flexibility index (Phi) is 3.98. The summed E-state index contributed by atoms with van der Waals surface area (Å²) in [5.74, 6) is 1.58. The third kappa shape index (κ3) is 2.82. The highest BCUT2D eigenvalue weighted by atomic mass is 79.9. The Morgan fingerprint density at radius 3 is 2.71 bits per heavy atom. The van der Waals surface area contributed by atoms with Crippen molar-refractivity contribution in [1.29, 1.82) is 0 Å². The van der Waals surface area contributed by atoms with E-state index >= 15 is 0 Å². The Labute approximate surface area is 129 Å². The van der Waals surface area contributed by atoms with Gasteiger partial charge in [-0.1, -0.05) is 12.1 Å². The summed E-state index contributed by atoms with van der Waals surface area (Å²) in [4.78, 5) is 0. The molecular weight excluding hydrogens is 341 g/mol. The van der Waals surface area contributed by atoms with Gasteiger partial charge in [-0.15, -0.1) is 0 Å². The lowest BCUT2D eigenvalue weighted by atomic mass is 10.1. The van der Waals surface area contributed by atoms with Crippen molar-refractivity contribution in [3.8, 4) is 17.2 Å². The van der Waals surface area contributed by atoms with Crippen LogP contribution in [0.4, 0.5) is 4.39 Å². The van der Waals surface area contributed by atoms with Crippen LogP contribution < -0.4 is 19.9 Å². The molecule has 1 heterocycles. The molecule has 0 fully saturated rings. The molecule has 1 aliphatic heterocycles. The summed E-state index contributed by atoms with van der Waals surface area (Å²) < 4.78 is 30.3. The fourth-order valence-electron chi connectivity index (χ4n) is 2.07. The van der Waals surface area contributed by atoms with E-state index in [-0.39, 0.29) is 19.2 Å². The summed E-state index contributed by atoms with van der Waals surface area (Å²) >= 11 is 3.21. The minimum absolute atomic E-state index is 0.193. The van der Waals surface area contributed by atoms with Crippen molar-refractivity contribution in [3.05, 3.63) is 51.7 Å². The minimum Gasteiger partial charge on any atom is -0.488 e. The van der Waals surface area contributed by atoms with Gasteiger partial charge in [0.2, 0.25) is 6.79 Å². The van der Waals surface area contributed by atoms with Crippen LogP contribution >= 0.6 is 15.9 Å². The monoisotopic (exact) mass is 353 g/mol. The average Bonchev–Trinajstić information content (AvgIpc) is 2.95. The molecule has 6 heteroatoms. The lowest BCUT2D eigenvalue weighted by molar-refractivity contribution is 0.173. The maximum atomic E-state index is 13.5. The maximum Gasteiger partial charge on any atom is 0.231 e. The highest BCUT2D eigenvalue weighted by Crippen LogP contribution is 2.38. The molecule has 4 nitrogen and oxygen atoms in total. The fourth-order valence-corrected chi connectivity index (χ4v) is 2.45. The van der Waals surface area contributed by atoms with Crippen LogP contribution in [0.15, 0.2) is 34.8 Å². The number of benzene rings is 2. The van der Waals surface area contributed by atoms with Gasteiger partial charge in [-0.3, -0.25) is 0 Å². The SMILES string of the molecule is NCc1cc2c(cc1OCc1cccc(F)c1Br)OCO2. The van der Waals surface area contributed by atoms with Crippen LogP contribution in [-0.2, 0) is 13.2 Å². The number of rotatable bonds is 4. The van der Waals surface area contributed by atoms with Gasteiger partial charge in [0.25, 0.3) is 0 Å². The number of hydrogen-bond acceptors (Lipinski definition) is 4. The lowest BCUT2D eigenvalue weighted by Crippen LogP contribution is -2.03. The van der Waals surface area contributed by atoms with Gasteiger partial charge in [0.1, 0.15) is 18.2 Å².